The van der Waals surface area contributed by atoms with E-state index >= 15 is 0 Å². The Bertz CT molecular complexity index is 638. The average molecular weight is 389 g/mol. The summed E-state index contributed by atoms with van der Waals surface area (Å²) in [7, 11) is 0. The van der Waals surface area contributed by atoms with Crippen molar-refractivity contribution in [3.63, 3.8) is 0 Å². The molecule has 0 unspecified atom stereocenters. The number of anilines is 1. The third kappa shape index (κ3) is 6.66. The summed E-state index contributed by atoms with van der Waals surface area (Å²) in [4.78, 5) is 30.0. The Morgan fingerprint density at radius 1 is 1.37 bits per heavy atom. The Balaban J connectivity index is 1.98. The first-order valence-electron chi connectivity index (χ1n) is 8.66. The van der Waals surface area contributed by atoms with Crippen LogP contribution in [0, 0.1) is 11.8 Å². The van der Waals surface area contributed by atoms with Gasteiger partial charge in [-0.2, -0.15) is 13.2 Å². The topological polar surface area (TPSA) is 107 Å². The van der Waals surface area contributed by atoms with Crippen LogP contribution in [0.5, 0.6) is 0 Å². The molecule has 27 heavy (non-hydrogen) atoms. The third-order valence-corrected chi connectivity index (χ3v) is 4.49. The van der Waals surface area contributed by atoms with Crippen LogP contribution in [0.25, 0.3) is 0 Å². The van der Waals surface area contributed by atoms with Crippen molar-refractivity contribution in [2.75, 3.05) is 12.0 Å². The maximum Gasteiger partial charge on any atom is 0.433 e. The van der Waals surface area contributed by atoms with Crippen LogP contribution in [0.2, 0.25) is 0 Å². The molecule has 8 nitrogen and oxygen atoms in total. The predicted molar refractivity (Wildman–Crippen MR) is 88.0 cm³/mol. The van der Waals surface area contributed by atoms with Crippen molar-refractivity contribution in [1.29, 1.82) is 0 Å². The minimum atomic E-state index is -4.63. The second kappa shape index (κ2) is 9.49. The Morgan fingerprint density at radius 2 is 2.07 bits per heavy atom. The number of hydrogen-bond donors (Lipinski definition) is 3. The molecule has 3 N–H and O–H groups in total. The highest BCUT2D eigenvalue weighted by molar-refractivity contribution is 5.80. The maximum absolute atomic E-state index is 12.7. The molecule has 0 saturated heterocycles. The van der Waals surface area contributed by atoms with Gasteiger partial charge < -0.3 is 0 Å². The summed E-state index contributed by atoms with van der Waals surface area (Å²) in [5.74, 6) is -1.41. The molecule has 0 spiro atoms. The number of hydrazine groups is 1. The van der Waals surface area contributed by atoms with Gasteiger partial charge in [0.1, 0.15) is 5.69 Å². The van der Waals surface area contributed by atoms with Gasteiger partial charge in [-0.3, -0.25) is 25.6 Å². The van der Waals surface area contributed by atoms with Crippen LogP contribution in [0.4, 0.5) is 19.1 Å². The summed E-state index contributed by atoms with van der Waals surface area (Å²) < 4.78 is 38.0. The zero-order chi connectivity index (χ0) is 19.9. The maximum atomic E-state index is 12.7. The summed E-state index contributed by atoms with van der Waals surface area (Å²) >= 11 is 0. The van der Waals surface area contributed by atoms with Crippen LogP contribution in [0.15, 0.2) is 12.3 Å². The largest absolute Gasteiger partial charge is 0.433 e. The van der Waals surface area contributed by atoms with Gasteiger partial charge in [-0.15, -0.1) is 0 Å². The quantitative estimate of drug-likeness (QED) is 0.358. The summed E-state index contributed by atoms with van der Waals surface area (Å²) in [6, 6.07) is 0.715. The number of aromatic nitrogens is 2. The molecule has 1 aromatic heterocycles. The summed E-state index contributed by atoms with van der Waals surface area (Å²) in [6.45, 7) is -0.211. The fourth-order valence-electron chi connectivity index (χ4n) is 3.15. The minimum Gasteiger partial charge on any atom is -0.286 e. The molecule has 1 atom stereocenters. The lowest BCUT2D eigenvalue weighted by atomic mass is 9.82. The number of alkyl halides is 3. The molecule has 1 aliphatic carbocycles. The highest BCUT2D eigenvalue weighted by Crippen LogP contribution is 2.30. The second-order valence-electron chi connectivity index (χ2n) is 6.54. The van der Waals surface area contributed by atoms with Crippen LogP contribution in [-0.4, -0.2) is 39.1 Å². The zero-order valence-corrected chi connectivity index (χ0v) is 14.6. The monoisotopic (exact) mass is 389 g/mol. The molecule has 2 amide bonds. The molecule has 0 radical (unpaired) electrons. The van der Waals surface area contributed by atoms with Crippen molar-refractivity contribution in [3.8, 4) is 0 Å². The highest BCUT2D eigenvalue weighted by Gasteiger charge is 2.33. The van der Waals surface area contributed by atoms with Crippen molar-refractivity contribution in [1.82, 2.24) is 20.5 Å². The number of carbonyl (C=O) groups is 2. The molecular formula is C16H22F3N5O3. The molecule has 150 valence electrons. The van der Waals surface area contributed by atoms with Gasteiger partial charge in [0.15, 0.2) is 0 Å². The van der Waals surface area contributed by atoms with E-state index in [1.165, 1.54) is 0 Å². The van der Waals surface area contributed by atoms with Gasteiger partial charge >= 0.3 is 6.18 Å². The van der Waals surface area contributed by atoms with E-state index < -0.39 is 29.6 Å². The molecule has 1 heterocycles. The Hall–Kier alpha value is -2.43. The fraction of sp³-hybridized carbons (Fsp3) is 0.625. The summed E-state index contributed by atoms with van der Waals surface area (Å²) in [5, 5.41) is 9.82. The average Bonchev–Trinajstić information content (AvgIpc) is 2.65. The van der Waals surface area contributed by atoms with Crippen LogP contribution < -0.4 is 10.9 Å². The van der Waals surface area contributed by atoms with Gasteiger partial charge in [0.25, 0.3) is 0 Å². The lowest BCUT2D eigenvalue weighted by molar-refractivity contribution is -0.155. The lowest BCUT2D eigenvalue weighted by Gasteiger charge is -2.27. The van der Waals surface area contributed by atoms with Gasteiger partial charge in [-0.1, -0.05) is 32.1 Å². The van der Waals surface area contributed by atoms with Crippen molar-refractivity contribution < 1.29 is 28.0 Å². The van der Waals surface area contributed by atoms with Crippen molar-refractivity contribution >= 4 is 18.3 Å². The van der Waals surface area contributed by atoms with E-state index in [2.05, 4.69) is 20.8 Å². The fourth-order valence-corrected chi connectivity index (χ4v) is 3.15. The standard InChI is InChI=1S/C16H22F3N5O3/c17-16(18,19)13-6-7-20-15(21-13)23-22-14(26)12(9-24(27)10-25)8-11-4-2-1-3-5-11/h6-7,10-12,27H,1-5,8-9H2,(H,22,26)(H,20,21,23)/t12-/m1/s1. The Kier molecular flexibility index (Phi) is 7.34. The number of amides is 2. The molecule has 0 aliphatic heterocycles. The molecule has 11 heteroatoms. The highest BCUT2D eigenvalue weighted by atomic mass is 19.4. The molecular weight excluding hydrogens is 367 g/mol. The third-order valence-electron chi connectivity index (χ3n) is 4.49. The first-order valence-corrected chi connectivity index (χ1v) is 8.66. The van der Waals surface area contributed by atoms with Gasteiger partial charge in [0.2, 0.25) is 18.3 Å². The summed E-state index contributed by atoms with van der Waals surface area (Å²) in [5.41, 5.74) is 3.37. The predicted octanol–water partition coefficient (Wildman–Crippen LogP) is 2.37. The van der Waals surface area contributed by atoms with E-state index in [1.54, 1.807) is 0 Å². The summed E-state index contributed by atoms with van der Waals surface area (Å²) in [6.07, 6.45) is 2.13. The van der Waals surface area contributed by atoms with E-state index in [0.717, 1.165) is 38.3 Å². The lowest BCUT2D eigenvalue weighted by Crippen LogP contribution is -2.41. The van der Waals surface area contributed by atoms with E-state index in [9.17, 15) is 28.0 Å². The van der Waals surface area contributed by atoms with E-state index in [0.29, 0.717) is 23.5 Å². The molecule has 1 aliphatic rings. The SMILES string of the molecule is O=CN(O)C[C@@H](CC1CCCCC1)C(=O)NNc1nccc(C(F)(F)F)n1. The zero-order valence-electron chi connectivity index (χ0n) is 14.6. The number of nitrogens with zero attached hydrogens (tertiary/aromatic N) is 3. The molecule has 1 aromatic rings. The first kappa shape index (κ1) is 20.9. The molecule has 1 saturated carbocycles. The van der Waals surface area contributed by atoms with Gasteiger partial charge in [-0.25, -0.2) is 15.0 Å². The van der Waals surface area contributed by atoms with E-state index in [4.69, 9.17) is 0 Å². The molecule has 1 fully saturated rings. The number of hydroxylamine groups is 2. The van der Waals surface area contributed by atoms with Crippen LogP contribution in [0.3, 0.4) is 0 Å². The molecule has 0 bridgehead atoms. The normalized spacial score (nSPS) is 16.4. The molecule has 2 rings (SSSR count). The van der Waals surface area contributed by atoms with Gasteiger partial charge in [0, 0.05) is 6.20 Å². The second-order valence-corrected chi connectivity index (χ2v) is 6.54. The Morgan fingerprint density at radius 3 is 2.70 bits per heavy atom. The van der Waals surface area contributed by atoms with Crippen molar-refractivity contribution in [3.05, 3.63) is 18.0 Å². The number of carbonyl (C=O) groups excluding carboxylic acids is 2. The van der Waals surface area contributed by atoms with Crippen LogP contribution >= 0.6 is 0 Å². The Labute approximate surface area is 154 Å². The minimum absolute atomic E-state index is 0.199. The van der Waals surface area contributed by atoms with Gasteiger partial charge in [-0.05, 0) is 18.4 Å². The number of rotatable bonds is 8. The number of halogens is 3. The first-order chi connectivity index (χ1) is 12.8. The van der Waals surface area contributed by atoms with Gasteiger partial charge in [0.05, 0.1) is 12.5 Å². The number of nitrogens with one attached hydrogen (secondary N) is 2. The van der Waals surface area contributed by atoms with E-state index in [-0.39, 0.29) is 13.0 Å². The van der Waals surface area contributed by atoms with Crippen molar-refractivity contribution in [2.24, 2.45) is 11.8 Å². The molecule has 0 aromatic carbocycles. The van der Waals surface area contributed by atoms with Crippen LogP contribution in [-0.2, 0) is 15.8 Å². The smallest absolute Gasteiger partial charge is 0.286 e. The number of hydrogen-bond acceptors (Lipinski definition) is 6. The van der Waals surface area contributed by atoms with Crippen LogP contribution in [0.1, 0.15) is 44.2 Å². The van der Waals surface area contributed by atoms with Crippen molar-refractivity contribution in [2.45, 2.75) is 44.7 Å². The van der Waals surface area contributed by atoms with E-state index in [1.807, 2.05) is 0 Å².